The van der Waals surface area contributed by atoms with E-state index in [1.54, 1.807) is 0 Å². The van der Waals surface area contributed by atoms with Gasteiger partial charge in [-0.25, -0.2) is 0 Å². The fourth-order valence-corrected chi connectivity index (χ4v) is 3.07. The van der Waals surface area contributed by atoms with Crippen LogP contribution in [0.1, 0.15) is 54.6 Å². The number of nitrogens with zero attached hydrogens (tertiary/aromatic N) is 1. The van der Waals surface area contributed by atoms with E-state index in [0.717, 1.165) is 53.8 Å². The molecule has 2 rings (SSSR count). The zero-order valence-corrected chi connectivity index (χ0v) is 14.5. The Labute approximate surface area is 134 Å². The molecule has 0 saturated carbocycles. The van der Waals surface area contributed by atoms with Crippen LogP contribution in [0.5, 0.6) is 0 Å². The fraction of sp³-hybridized carbons (Fsp3) is 0.450. The van der Waals surface area contributed by atoms with Crippen LogP contribution in [-0.2, 0) is 0 Å². The number of Topliss-reactive ketones (excluding diaryl/α,β-unsaturated/α-hetero) is 1. The molecule has 22 heavy (non-hydrogen) atoms. The molecule has 0 amide bonds. The minimum atomic E-state index is 0.174. The van der Waals surface area contributed by atoms with Gasteiger partial charge < -0.3 is 4.90 Å². The summed E-state index contributed by atoms with van der Waals surface area (Å²) in [6.45, 7) is 9.30. The molecule has 0 saturated heterocycles. The lowest BCUT2D eigenvalue weighted by Crippen LogP contribution is -2.22. The van der Waals surface area contributed by atoms with E-state index >= 15 is 0 Å². The first-order valence-corrected chi connectivity index (χ1v) is 8.20. The predicted octanol–water partition coefficient (Wildman–Crippen LogP) is 5.00. The molecule has 0 spiro atoms. The number of carbonyl (C=O) groups excluding carboxylic acids is 1. The summed E-state index contributed by atoms with van der Waals surface area (Å²) in [7, 11) is 2.07. The van der Waals surface area contributed by atoms with Gasteiger partial charge in [0.05, 0.1) is 0 Å². The third kappa shape index (κ3) is 3.16. The number of benzene rings is 1. The highest BCUT2D eigenvalue weighted by Crippen LogP contribution is 2.31. The molecule has 118 valence electrons. The lowest BCUT2D eigenvalue weighted by Gasteiger charge is -2.24. The molecule has 0 fully saturated rings. The summed E-state index contributed by atoms with van der Waals surface area (Å²) in [5, 5.41) is 0. The molecule has 0 heterocycles. The Morgan fingerprint density at radius 1 is 1.14 bits per heavy atom. The van der Waals surface area contributed by atoms with Crippen molar-refractivity contribution < 1.29 is 4.79 Å². The molecule has 0 atom stereocenters. The van der Waals surface area contributed by atoms with E-state index in [1.165, 1.54) is 5.56 Å². The first kappa shape index (κ1) is 16.5. The Balaban J connectivity index is 2.53. The highest BCUT2D eigenvalue weighted by molar-refractivity contribution is 6.15. The first-order valence-electron chi connectivity index (χ1n) is 8.20. The van der Waals surface area contributed by atoms with Crippen LogP contribution in [0.15, 0.2) is 35.4 Å². The molecule has 1 aromatic rings. The van der Waals surface area contributed by atoms with Crippen molar-refractivity contribution in [1.82, 2.24) is 0 Å². The first-order chi connectivity index (χ1) is 10.5. The summed E-state index contributed by atoms with van der Waals surface area (Å²) < 4.78 is 0. The monoisotopic (exact) mass is 297 g/mol. The molecule has 1 aliphatic rings. The minimum Gasteiger partial charge on any atom is -0.374 e. The zero-order chi connectivity index (χ0) is 16.3. The van der Waals surface area contributed by atoms with Gasteiger partial charge in [0.15, 0.2) is 5.78 Å². The fourth-order valence-electron chi connectivity index (χ4n) is 3.07. The van der Waals surface area contributed by atoms with Gasteiger partial charge in [0.1, 0.15) is 0 Å². The molecular weight excluding hydrogens is 270 g/mol. The Hall–Kier alpha value is -1.83. The smallest absolute Gasteiger partial charge is 0.195 e. The molecule has 1 aromatic carbocycles. The number of hydrogen-bond acceptors (Lipinski definition) is 2. The zero-order valence-electron chi connectivity index (χ0n) is 14.5. The van der Waals surface area contributed by atoms with Crippen molar-refractivity contribution >= 4 is 11.5 Å². The van der Waals surface area contributed by atoms with Crippen LogP contribution < -0.4 is 4.90 Å². The topological polar surface area (TPSA) is 20.3 Å². The molecule has 0 aromatic heterocycles. The van der Waals surface area contributed by atoms with Crippen molar-refractivity contribution in [2.45, 2.75) is 47.0 Å². The quantitative estimate of drug-likeness (QED) is 0.713. The summed E-state index contributed by atoms with van der Waals surface area (Å²) >= 11 is 0. The maximum atomic E-state index is 13.2. The van der Waals surface area contributed by atoms with Crippen LogP contribution in [0.2, 0.25) is 0 Å². The summed E-state index contributed by atoms with van der Waals surface area (Å²) in [6.07, 6.45) is 7.34. The van der Waals surface area contributed by atoms with E-state index in [1.807, 2.05) is 6.92 Å². The Bertz CT molecular complexity index is 637. The maximum Gasteiger partial charge on any atom is 0.195 e. The normalized spacial score (nSPS) is 14.4. The van der Waals surface area contributed by atoms with Gasteiger partial charge in [-0.3, -0.25) is 4.79 Å². The number of rotatable bonds is 5. The highest BCUT2D eigenvalue weighted by atomic mass is 16.1. The van der Waals surface area contributed by atoms with Crippen LogP contribution in [0.4, 0.5) is 5.69 Å². The summed E-state index contributed by atoms with van der Waals surface area (Å²) in [5.41, 5.74) is 6.19. The highest BCUT2D eigenvalue weighted by Gasteiger charge is 2.22. The molecule has 0 aliphatic heterocycles. The van der Waals surface area contributed by atoms with Crippen LogP contribution in [-0.4, -0.2) is 19.4 Å². The van der Waals surface area contributed by atoms with E-state index in [-0.39, 0.29) is 5.78 Å². The minimum absolute atomic E-state index is 0.174. The SMILES string of the molecule is CCCN(C)c1ccc(C)c(C)c1C(=O)C1=CCCC=C1C. The van der Waals surface area contributed by atoms with Gasteiger partial charge >= 0.3 is 0 Å². The van der Waals surface area contributed by atoms with Crippen LogP contribution in [0.25, 0.3) is 0 Å². The molecule has 2 nitrogen and oxygen atoms in total. The van der Waals surface area contributed by atoms with Crippen LogP contribution in [0, 0.1) is 13.8 Å². The third-order valence-electron chi connectivity index (χ3n) is 4.55. The van der Waals surface area contributed by atoms with E-state index in [9.17, 15) is 4.79 Å². The second-order valence-electron chi connectivity index (χ2n) is 6.23. The largest absolute Gasteiger partial charge is 0.374 e. The third-order valence-corrected chi connectivity index (χ3v) is 4.55. The van der Waals surface area contributed by atoms with Gasteiger partial charge in [0.2, 0.25) is 0 Å². The second-order valence-corrected chi connectivity index (χ2v) is 6.23. The number of carbonyl (C=O) groups is 1. The molecule has 0 radical (unpaired) electrons. The number of aryl methyl sites for hydroxylation is 1. The summed E-state index contributed by atoms with van der Waals surface area (Å²) in [6, 6.07) is 4.21. The summed E-state index contributed by atoms with van der Waals surface area (Å²) in [4.78, 5) is 15.4. The lowest BCUT2D eigenvalue weighted by molar-refractivity contribution is 0.103. The van der Waals surface area contributed by atoms with Gasteiger partial charge in [-0.2, -0.15) is 0 Å². The number of allylic oxidation sites excluding steroid dienone is 4. The number of anilines is 1. The van der Waals surface area contributed by atoms with Crippen molar-refractivity contribution in [3.05, 3.63) is 52.1 Å². The molecule has 0 N–H and O–H groups in total. The van der Waals surface area contributed by atoms with E-state index in [2.05, 4.69) is 57.0 Å². The maximum absolute atomic E-state index is 13.2. The van der Waals surface area contributed by atoms with Crippen LogP contribution >= 0.6 is 0 Å². The molecular formula is C20H27NO. The van der Waals surface area contributed by atoms with Gasteiger partial charge in [-0.05, 0) is 62.8 Å². The van der Waals surface area contributed by atoms with Crippen LogP contribution in [0.3, 0.4) is 0 Å². The van der Waals surface area contributed by atoms with Crippen molar-refractivity contribution in [3.63, 3.8) is 0 Å². The van der Waals surface area contributed by atoms with Crippen molar-refractivity contribution in [2.75, 3.05) is 18.5 Å². The van der Waals surface area contributed by atoms with Gasteiger partial charge in [0.25, 0.3) is 0 Å². The van der Waals surface area contributed by atoms with E-state index < -0.39 is 0 Å². The molecule has 2 heteroatoms. The van der Waals surface area contributed by atoms with E-state index in [0.29, 0.717) is 0 Å². The summed E-state index contributed by atoms with van der Waals surface area (Å²) in [5.74, 6) is 0.174. The van der Waals surface area contributed by atoms with Gasteiger partial charge in [0, 0.05) is 30.4 Å². The van der Waals surface area contributed by atoms with Crippen molar-refractivity contribution in [3.8, 4) is 0 Å². The average molecular weight is 297 g/mol. The standard InChI is InChI=1S/C20H27NO/c1-6-13-21(5)18-12-11-14(2)16(4)19(18)20(22)17-10-8-7-9-15(17)3/h9-12H,6-8,13H2,1-5H3. The van der Waals surface area contributed by atoms with Gasteiger partial charge in [-0.1, -0.05) is 25.1 Å². The van der Waals surface area contributed by atoms with Crippen molar-refractivity contribution in [1.29, 1.82) is 0 Å². The number of hydrogen-bond donors (Lipinski definition) is 0. The lowest BCUT2D eigenvalue weighted by atomic mass is 9.88. The molecule has 1 aliphatic carbocycles. The van der Waals surface area contributed by atoms with E-state index in [4.69, 9.17) is 0 Å². The Morgan fingerprint density at radius 2 is 1.82 bits per heavy atom. The predicted molar refractivity (Wildman–Crippen MR) is 94.9 cm³/mol. The van der Waals surface area contributed by atoms with Gasteiger partial charge in [-0.15, -0.1) is 0 Å². The van der Waals surface area contributed by atoms with Crippen molar-refractivity contribution in [2.24, 2.45) is 0 Å². The second kappa shape index (κ2) is 6.95. The molecule has 0 unspecified atom stereocenters. The number of ketones is 1. The molecule has 0 bridgehead atoms. The average Bonchev–Trinajstić information content (AvgIpc) is 2.50. The Morgan fingerprint density at radius 3 is 2.45 bits per heavy atom. The Kier molecular flexibility index (Phi) is 5.23.